The van der Waals surface area contributed by atoms with Crippen molar-refractivity contribution in [2.75, 3.05) is 51.8 Å². The Morgan fingerprint density at radius 1 is 1.00 bits per heavy atom. The number of rotatable bonds is 13. The van der Waals surface area contributed by atoms with Crippen molar-refractivity contribution < 1.29 is 17.9 Å². The highest BCUT2D eigenvalue weighted by molar-refractivity contribution is 7.89. The number of amides is 1. The Morgan fingerprint density at radius 2 is 1.72 bits per heavy atom. The van der Waals surface area contributed by atoms with E-state index >= 15 is 0 Å². The van der Waals surface area contributed by atoms with Crippen molar-refractivity contribution in [3.8, 4) is 5.75 Å². The SMILES string of the molecule is CCCCN(CC)S(=O)(=O)c1ccc(C(=O)N(CCN(C)C)c2nc3c(OCC)cccc3s2)cc1. The van der Waals surface area contributed by atoms with Crippen LogP contribution in [0.1, 0.15) is 44.0 Å². The number of anilines is 1. The van der Waals surface area contributed by atoms with E-state index < -0.39 is 10.0 Å². The lowest BCUT2D eigenvalue weighted by Crippen LogP contribution is -2.36. The third-order valence-corrected chi connectivity index (χ3v) is 8.80. The van der Waals surface area contributed by atoms with Gasteiger partial charge in [0.05, 0.1) is 16.2 Å². The third-order valence-electron chi connectivity index (χ3n) is 5.77. The summed E-state index contributed by atoms with van der Waals surface area (Å²) in [7, 11) is 0.291. The molecule has 0 aliphatic carbocycles. The van der Waals surface area contributed by atoms with Crippen LogP contribution in [0.3, 0.4) is 0 Å². The van der Waals surface area contributed by atoms with Gasteiger partial charge in [-0.15, -0.1) is 0 Å². The van der Waals surface area contributed by atoms with Crippen LogP contribution in [0.25, 0.3) is 10.2 Å². The molecule has 0 aliphatic rings. The lowest BCUT2D eigenvalue weighted by Gasteiger charge is -2.23. The quantitative estimate of drug-likeness (QED) is 0.317. The minimum Gasteiger partial charge on any atom is -0.492 e. The summed E-state index contributed by atoms with van der Waals surface area (Å²) < 4.78 is 34.3. The van der Waals surface area contributed by atoms with Gasteiger partial charge in [-0.05, 0) is 63.8 Å². The lowest BCUT2D eigenvalue weighted by molar-refractivity contribution is 0.0985. The second-order valence-corrected chi connectivity index (χ2v) is 11.6. The number of para-hydroxylation sites is 1. The molecule has 0 atom stereocenters. The zero-order valence-corrected chi connectivity index (χ0v) is 23.4. The minimum absolute atomic E-state index is 0.193. The number of ether oxygens (including phenoxy) is 1. The molecule has 1 aromatic heterocycles. The van der Waals surface area contributed by atoms with Crippen LogP contribution in [-0.2, 0) is 10.0 Å². The molecule has 0 spiro atoms. The van der Waals surface area contributed by atoms with Gasteiger partial charge >= 0.3 is 0 Å². The van der Waals surface area contributed by atoms with Gasteiger partial charge in [-0.3, -0.25) is 9.69 Å². The van der Waals surface area contributed by atoms with E-state index in [2.05, 4.69) is 0 Å². The number of likely N-dealkylation sites (N-methyl/N-ethyl adjacent to an activating group) is 1. The summed E-state index contributed by atoms with van der Waals surface area (Å²) in [6.45, 7) is 8.30. The maximum Gasteiger partial charge on any atom is 0.260 e. The van der Waals surface area contributed by atoms with Crippen LogP contribution in [0.5, 0.6) is 5.75 Å². The number of thiazole rings is 1. The van der Waals surface area contributed by atoms with Gasteiger partial charge < -0.3 is 9.64 Å². The molecule has 0 aliphatic heterocycles. The van der Waals surface area contributed by atoms with Crippen molar-refractivity contribution in [1.82, 2.24) is 14.2 Å². The zero-order chi connectivity index (χ0) is 26.3. The Kier molecular flexibility index (Phi) is 9.84. The van der Waals surface area contributed by atoms with Gasteiger partial charge in [0.15, 0.2) is 5.13 Å². The molecule has 2 aromatic carbocycles. The molecule has 3 rings (SSSR count). The van der Waals surface area contributed by atoms with Crippen LogP contribution in [0.4, 0.5) is 5.13 Å². The summed E-state index contributed by atoms with van der Waals surface area (Å²) in [6.07, 6.45) is 1.72. The van der Waals surface area contributed by atoms with Crippen molar-refractivity contribution in [1.29, 1.82) is 0 Å². The van der Waals surface area contributed by atoms with Crippen LogP contribution in [0, 0.1) is 0 Å². The highest BCUT2D eigenvalue weighted by Crippen LogP contribution is 2.35. The van der Waals surface area contributed by atoms with Crippen LogP contribution in [0.2, 0.25) is 0 Å². The number of aromatic nitrogens is 1. The number of fused-ring (bicyclic) bond motifs is 1. The van der Waals surface area contributed by atoms with Gasteiger partial charge in [0.25, 0.3) is 5.91 Å². The lowest BCUT2D eigenvalue weighted by atomic mass is 10.2. The maximum atomic E-state index is 13.6. The van der Waals surface area contributed by atoms with Crippen LogP contribution in [-0.4, -0.2) is 75.4 Å². The van der Waals surface area contributed by atoms with E-state index in [0.29, 0.717) is 49.2 Å². The molecule has 1 amide bonds. The predicted octanol–water partition coefficient (Wildman–Crippen LogP) is 4.71. The molecule has 0 saturated heterocycles. The second kappa shape index (κ2) is 12.6. The van der Waals surface area contributed by atoms with Crippen molar-refractivity contribution >= 4 is 42.6 Å². The summed E-state index contributed by atoms with van der Waals surface area (Å²) in [5.41, 5.74) is 1.14. The van der Waals surface area contributed by atoms with Crippen molar-refractivity contribution in [2.45, 2.75) is 38.5 Å². The summed E-state index contributed by atoms with van der Waals surface area (Å²) in [6, 6.07) is 12.0. The number of nitrogens with zero attached hydrogens (tertiary/aromatic N) is 4. The fourth-order valence-electron chi connectivity index (χ4n) is 3.74. The molecule has 10 heteroatoms. The monoisotopic (exact) mass is 532 g/mol. The van der Waals surface area contributed by atoms with Crippen molar-refractivity contribution in [2.24, 2.45) is 0 Å². The molecular formula is C26H36N4O4S2. The van der Waals surface area contributed by atoms with Crippen LogP contribution < -0.4 is 9.64 Å². The maximum absolute atomic E-state index is 13.6. The van der Waals surface area contributed by atoms with Gasteiger partial charge in [-0.2, -0.15) is 4.31 Å². The Bertz CT molecular complexity index is 1260. The van der Waals surface area contributed by atoms with Gasteiger partial charge in [-0.25, -0.2) is 13.4 Å². The van der Waals surface area contributed by atoms with E-state index in [1.807, 2.05) is 58.0 Å². The first-order chi connectivity index (χ1) is 17.2. The number of hydrogen-bond donors (Lipinski definition) is 0. The first kappa shape index (κ1) is 28.0. The Morgan fingerprint density at radius 3 is 2.33 bits per heavy atom. The first-order valence-electron chi connectivity index (χ1n) is 12.3. The molecule has 196 valence electrons. The largest absolute Gasteiger partial charge is 0.492 e. The summed E-state index contributed by atoms with van der Waals surface area (Å²) in [5, 5.41) is 0.581. The topological polar surface area (TPSA) is 83.1 Å². The van der Waals surface area contributed by atoms with Gasteiger partial charge in [0.1, 0.15) is 11.3 Å². The fraction of sp³-hybridized carbons (Fsp3) is 0.462. The smallest absolute Gasteiger partial charge is 0.260 e. The minimum atomic E-state index is -3.61. The molecule has 3 aromatic rings. The molecule has 0 radical (unpaired) electrons. The molecule has 0 bridgehead atoms. The average Bonchev–Trinajstić information content (AvgIpc) is 3.29. The number of carbonyl (C=O) groups is 1. The zero-order valence-electron chi connectivity index (χ0n) is 21.7. The molecule has 0 unspecified atom stereocenters. The molecule has 8 nitrogen and oxygen atoms in total. The van der Waals surface area contributed by atoms with E-state index in [9.17, 15) is 13.2 Å². The molecular weight excluding hydrogens is 496 g/mol. The standard InChI is InChI=1S/C26H36N4O4S2/c1-6-9-17-29(7-2)36(32,33)21-15-13-20(14-16-21)25(31)30(19-18-28(4)5)26-27-24-22(34-8-3)11-10-12-23(24)35-26/h10-16H,6-9,17-19H2,1-5H3. The fourth-order valence-corrected chi connectivity index (χ4v) is 6.24. The number of unbranched alkanes of at least 4 members (excludes halogenated alkanes) is 1. The van der Waals surface area contributed by atoms with E-state index in [1.54, 1.807) is 17.0 Å². The molecule has 1 heterocycles. The van der Waals surface area contributed by atoms with Gasteiger partial charge in [0.2, 0.25) is 10.0 Å². The van der Waals surface area contributed by atoms with E-state index in [0.717, 1.165) is 23.1 Å². The van der Waals surface area contributed by atoms with Gasteiger partial charge in [0, 0.05) is 31.7 Å². The molecule has 0 saturated carbocycles. The summed E-state index contributed by atoms with van der Waals surface area (Å²) >= 11 is 1.43. The second-order valence-electron chi connectivity index (χ2n) is 8.67. The Hall–Kier alpha value is -2.53. The Balaban J connectivity index is 1.93. The van der Waals surface area contributed by atoms with E-state index in [1.165, 1.54) is 27.8 Å². The number of carbonyl (C=O) groups excluding carboxylic acids is 1. The number of sulfonamides is 1. The van der Waals surface area contributed by atoms with E-state index in [4.69, 9.17) is 9.72 Å². The predicted molar refractivity (Wildman–Crippen MR) is 147 cm³/mol. The normalized spacial score (nSPS) is 12.0. The van der Waals surface area contributed by atoms with Crippen molar-refractivity contribution in [3.05, 3.63) is 48.0 Å². The number of benzene rings is 2. The molecule has 0 fully saturated rings. The van der Waals surface area contributed by atoms with Gasteiger partial charge in [-0.1, -0.05) is 37.7 Å². The third kappa shape index (κ3) is 6.42. The Labute approximate surface area is 218 Å². The number of hydrogen-bond acceptors (Lipinski definition) is 7. The van der Waals surface area contributed by atoms with Crippen LogP contribution in [0.15, 0.2) is 47.4 Å². The van der Waals surface area contributed by atoms with Crippen molar-refractivity contribution in [3.63, 3.8) is 0 Å². The highest BCUT2D eigenvalue weighted by atomic mass is 32.2. The summed E-state index contributed by atoms with van der Waals surface area (Å²) in [5.74, 6) is 0.465. The highest BCUT2D eigenvalue weighted by Gasteiger charge is 2.25. The van der Waals surface area contributed by atoms with E-state index in [-0.39, 0.29) is 10.8 Å². The summed E-state index contributed by atoms with van der Waals surface area (Å²) in [4.78, 5) is 22.2. The molecule has 0 N–H and O–H groups in total. The van der Waals surface area contributed by atoms with Crippen LogP contribution >= 0.6 is 11.3 Å². The molecule has 36 heavy (non-hydrogen) atoms. The first-order valence-corrected chi connectivity index (χ1v) is 14.6. The average molecular weight is 533 g/mol.